The maximum absolute atomic E-state index is 5.45. The minimum Gasteiger partial charge on any atom is -0.490 e. The van der Waals surface area contributed by atoms with E-state index in [4.69, 9.17) is 4.74 Å². The fourth-order valence-corrected chi connectivity index (χ4v) is 2.18. The maximum Gasteiger partial charge on any atom is 0.119 e. The van der Waals surface area contributed by atoms with E-state index in [-0.39, 0.29) is 0 Å². The quantitative estimate of drug-likeness (QED) is 0.559. The number of hydrogen-bond donors (Lipinski definition) is 1. The molecule has 98 valence electrons. The topological polar surface area (TPSA) is 21.3 Å². The van der Waals surface area contributed by atoms with E-state index >= 15 is 0 Å². The Kier molecular flexibility index (Phi) is 5.28. The Morgan fingerprint density at radius 3 is 2.67 bits per heavy atom. The van der Waals surface area contributed by atoms with E-state index in [0.717, 1.165) is 24.8 Å². The summed E-state index contributed by atoms with van der Waals surface area (Å²) < 4.78 is 5.45. The van der Waals surface area contributed by atoms with Crippen LogP contribution in [0.4, 0.5) is 0 Å². The van der Waals surface area contributed by atoms with Crippen LogP contribution in [0.25, 0.3) is 0 Å². The third-order valence-corrected chi connectivity index (χ3v) is 3.57. The monoisotopic (exact) mass is 245 g/mol. The predicted octanol–water partition coefficient (Wildman–Crippen LogP) is 3.53. The number of nitrogens with one attached hydrogen (secondary N) is 1. The highest BCUT2D eigenvalue weighted by molar-refractivity contribution is 5.27. The molecule has 0 aliphatic heterocycles. The van der Waals surface area contributed by atoms with Gasteiger partial charge in [0.25, 0.3) is 0 Å². The molecule has 1 saturated carbocycles. The second-order valence-corrected chi connectivity index (χ2v) is 5.01. The molecule has 2 heteroatoms. The molecule has 18 heavy (non-hydrogen) atoms. The first-order valence-electron chi connectivity index (χ1n) is 6.92. The third-order valence-electron chi connectivity index (χ3n) is 3.57. The zero-order valence-corrected chi connectivity index (χ0v) is 11.0. The highest BCUT2D eigenvalue weighted by Crippen LogP contribution is 2.28. The van der Waals surface area contributed by atoms with E-state index in [9.17, 15) is 0 Å². The van der Waals surface area contributed by atoms with E-state index in [0.29, 0.717) is 6.61 Å². The van der Waals surface area contributed by atoms with Crippen LogP contribution in [0.3, 0.4) is 0 Å². The Morgan fingerprint density at radius 2 is 2.06 bits per heavy atom. The number of ether oxygens (including phenoxy) is 1. The van der Waals surface area contributed by atoms with Gasteiger partial charge < -0.3 is 10.1 Å². The van der Waals surface area contributed by atoms with Crippen LogP contribution < -0.4 is 10.1 Å². The Morgan fingerprint density at radius 1 is 1.28 bits per heavy atom. The molecule has 0 aromatic heterocycles. The second-order valence-electron chi connectivity index (χ2n) is 5.01. The summed E-state index contributed by atoms with van der Waals surface area (Å²) in [5, 5.41) is 3.51. The fourth-order valence-electron chi connectivity index (χ4n) is 2.18. The average Bonchev–Trinajstić information content (AvgIpc) is 2.35. The summed E-state index contributed by atoms with van der Waals surface area (Å²) in [6, 6.07) is 8.28. The van der Waals surface area contributed by atoms with Gasteiger partial charge in [0, 0.05) is 6.54 Å². The van der Waals surface area contributed by atoms with Gasteiger partial charge in [-0.15, -0.1) is 0 Å². The lowest BCUT2D eigenvalue weighted by atomic mass is 9.83. The summed E-state index contributed by atoms with van der Waals surface area (Å²) >= 11 is 0. The van der Waals surface area contributed by atoms with Crippen molar-refractivity contribution in [2.45, 2.75) is 32.2 Å². The van der Waals surface area contributed by atoms with Crippen molar-refractivity contribution in [3.8, 4) is 5.75 Å². The van der Waals surface area contributed by atoms with Gasteiger partial charge in [-0.25, -0.2) is 0 Å². The van der Waals surface area contributed by atoms with Gasteiger partial charge in [0.05, 0.1) is 0 Å². The van der Waals surface area contributed by atoms with Gasteiger partial charge in [0.15, 0.2) is 0 Å². The van der Waals surface area contributed by atoms with Crippen molar-refractivity contribution in [1.29, 1.82) is 0 Å². The SMILES string of the molecule is C=CCOc1ccc(CNCCC2CCC2)cc1. The van der Waals surface area contributed by atoms with Crippen LogP contribution in [0.15, 0.2) is 36.9 Å². The van der Waals surface area contributed by atoms with Crippen molar-refractivity contribution in [2.75, 3.05) is 13.2 Å². The number of hydrogen-bond acceptors (Lipinski definition) is 2. The number of rotatable bonds is 8. The van der Waals surface area contributed by atoms with E-state index in [1.54, 1.807) is 6.08 Å². The first kappa shape index (κ1) is 13.2. The zero-order chi connectivity index (χ0) is 12.6. The maximum atomic E-state index is 5.45. The van der Waals surface area contributed by atoms with Crippen molar-refractivity contribution in [2.24, 2.45) is 5.92 Å². The first-order chi connectivity index (χ1) is 8.88. The minimum atomic E-state index is 0.568. The lowest BCUT2D eigenvalue weighted by Crippen LogP contribution is -2.21. The van der Waals surface area contributed by atoms with Gasteiger partial charge in [-0.2, -0.15) is 0 Å². The Bertz CT molecular complexity index is 354. The van der Waals surface area contributed by atoms with E-state index in [2.05, 4.69) is 24.0 Å². The molecule has 1 aliphatic rings. The van der Waals surface area contributed by atoms with Crippen LogP contribution in [-0.4, -0.2) is 13.2 Å². The van der Waals surface area contributed by atoms with Gasteiger partial charge in [0.2, 0.25) is 0 Å². The number of benzene rings is 1. The molecule has 1 aromatic rings. The third kappa shape index (κ3) is 4.19. The molecule has 0 amide bonds. The fraction of sp³-hybridized carbons (Fsp3) is 0.500. The molecule has 1 aromatic carbocycles. The summed E-state index contributed by atoms with van der Waals surface area (Å²) in [6.45, 7) is 6.29. The van der Waals surface area contributed by atoms with Gasteiger partial charge in [-0.1, -0.05) is 44.1 Å². The summed E-state index contributed by atoms with van der Waals surface area (Å²) in [6.07, 6.45) is 7.42. The van der Waals surface area contributed by atoms with E-state index < -0.39 is 0 Å². The first-order valence-corrected chi connectivity index (χ1v) is 6.92. The molecule has 0 bridgehead atoms. The van der Waals surface area contributed by atoms with Crippen molar-refractivity contribution in [3.63, 3.8) is 0 Å². The largest absolute Gasteiger partial charge is 0.490 e. The van der Waals surface area contributed by atoms with Crippen molar-refractivity contribution in [1.82, 2.24) is 5.32 Å². The minimum absolute atomic E-state index is 0.568. The summed E-state index contributed by atoms with van der Waals surface area (Å²) in [4.78, 5) is 0. The Balaban J connectivity index is 1.64. The highest BCUT2D eigenvalue weighted by atomic mass is 16.5. The normalized spacial score (nSPS) is 15.1. The van der Waals surface area contributed by atoms with Crippen LogP contribution in [0.5, 0.6) is 5.75 Å². The van der Waals surface area contributed by atoms with Gasteiger partial charge in [0.1, 0.15) is 12.4 Å². The molecule has 2 nitrogen and oxygen atoms in total. The molecule has 0 atom stereocenters. The zero-order valence-electron chi connectivity index (χ0n) is 11.0. The molecule has 0 spiro atoms. The molecular formula is C16H23NO. The lowest BCUT2D eigenvalue weighted by Gasteiger charge is -2.25. The van der Waals surface area contributed by atoms with Crippen LogP contribution >= 0.6 is 0 Å². The van der Waals surface area contributed by atoms with Crippen LogP contribution in [0, 0.1) is 5.92 Å². The molecule has 1 aliphatic carbocycles. The summed E-state index contributed by atoms with van der Waals surface area (Å²) in [5.74, 6) is 1.90. The van der Waals surface area contributed by atoms with Crippen LogP contribution in [0.2, 0.25) is 0 Å². The average molecular weight is 245 g/mol. The highest BCUT2D eigenvalue weighted by Gasteiger charge is 2.15. The van der Waals surface area contributed by atoms with E-state index in [1.165, 1.54) is 31.2 Å². The van der Waals surface area contributed by atoms with Gasteiger partial charge in [-0.05, 0) is 36.6 Å². The van der Waals surface area contributed by atoms with Crippen LogP contribution in [-0.2, 0) is 6.54 Å². The van der Waals surface area contributed by atoms with Gasteiger partial charge >= 0.3 is 0 Å². The molecule has 0 heterocycles. The second kappa shape index (κ2) is 7.22. The standard InChI is InChI=1S/C16H23NO/c1-2-12-18-16-8-6-15(7-9-16)13-17-11-10-14-4-3-5-14/h2,6-9,14,17H,1,3-5,10-13H2. The van der Waals surface area contributed by atoms with E-state index in [1.807, 2.05) is 12.1 Å². The summed E-state index contributed by atoms with van der Waals surface area (Å²) in [7, 11) is 0. The van der Waals surface area contributed by atoms with Gasteiger partial charge in [-0.3, -0.25) is 0 Å². The van der Waals surface area contributed by atoms with Crippen LogP contribution in [0.1, 0.15) is 31.2 Å². The molecule has 1 N–H and O–H groups in total. The predicted molar refractivity (Wildman–Crippen MR) is 75.8 cm³/mol. The molecule has 2 rings (SSSR count). The summed E-state index contributed by atoms with van der Waals surface area (Å²) in [5.41, 5.74) is 1.31. The molecule has 0 unspecified atom stereocenters. The van der Waals surface area contributed by atoms with Crippen molar-refractivity contribution < 1.29 is 4.74 Å². The molecule has 0 radical (unpaired) electrons. The Hall–Kier alpha value is -1.28. The lowest BCUT2D eigenvalue weighted by molar-refractivity contribution is 0.292. The Labute approximate surface area is 110 Å². The molecule has 1 fully saturated rings. The van der Waals surface area contributed by atoms with Crippen molar-refractivity contribution in [3.05, 3.63) is 42.5 Å². The van der Waals surface area contributed by atoms with Crippen molar-refractivity contribution >= 4 is 0 Å². The smallest absolute Gasteiger partial charge is 0.119 e. The molecule has 0 saturated heterocycles. The molecular weight excluding hydrogens is 222 g/mol.